The van der Waals surface area contributed by atoms with E-state index in [-0.39, 0.29) is 23.6 Å². The van der Waals surface area contributed by atoms with Crippen LogP contribution in [0.5, 0.6) is 0 Å². The van der Waals surface area contributed by atoms with E-state index in [2.05, 4.69) is 15.0 Å². The molecule has 2 aromatic rings. The number of nitrogens with zero attached hydrogens (tertiary/aromatic N) is 3. The van der Waals surface area contributed by atoms with E-state index in [1.165, 1.54) is 24.2 Å². The van der Waals surface area contributed by atoms with Gasteiger partial charge in [-0.15, -0.1) is 0 Å². The van der Waals surface area contributed by atoms with Crippen LogP contribution in [0.2, 0.25) is 0 Å². The Morgan fingerprint density at radius 1 is 1.33 bits per heavy atom. The van der Waals surface area contributed by atoms with Gasteiger partial charge in [-0.2, -0.15) is 0 Å². The largest absolute Gasteiger partial charge is 0.462 e. The molecule has 0 saturated heterocycles. The summed E-state index contributed by atoms with van der Waals surface area (Å²) in [5.41, 5.74) is 0.443. The molecule has 0 saturated carbocycles. The highest BCUT2D eigenvalue weighted by molar-refractivity contribution is 7.98. The van der Waals surface area contributed by atoms with Gasteiger partial charge in [0.15, 0.2) is 5.16 Å². The van der Waals surface area contributed by atoms with Crippen LogP contribution in [0.4, 0.5) is 0 Å². The van der Waals surface area contributed by atoms with Gasteiger partial charge in [0.05, 0.1) is 6.61 Å². The molecular formula is C14H13N3O3S. The van der Waals surface area contributed by atoms with Crippen molar-refractivity contribution in [2.45, 2.75) is 12.1 Å². The molecule has 0 unspecified atom stereocenters. The first-order valence-corrected chi connectivity index (χ1v) is 7.42. The minimum atomic E-state index is -0.614. The fourth-order valence-electron chi connectivity index (χ4n) is 1.63. The Kier molecular flexibility index (Phi) is 4.99. The quantitative estimate of drug-likeness (QED) is 0.361. The molecule has 2 heterocycles. The van der Waals surface area contributed by atoms with Crippen LogP contribution in [0, 0.1) is 0 Å². The molecule has 0 aliphatic heterocycles. The van der Waals surface area contributed by atoms with Crippen molar-refractivity contribution in [1.82, 2.24) is 15.0 Å². The fraction of sp³-hybridized carbons (Fsp3) is 0.214. The van der Waals surface area contributed by atoms with Crippen molar-refractivity contribution >= 4 is 23.5 Å². The molecule has 108 valence electrons. The monoisotopic (exact) mass is 303 g/mol. The fourth-order valence-corrected chi connectivity index (χ4v) is 1.97. The Morgan fingerprint density at radius 3 is 2.76 bits per heavy atom. The summed E-state index contributed by atoms with van der Waals surface area (Å²) in [6.45, 7) is 1.90. The number of esters is 1. The molecule has 6 nitrogen and oxygen atoms in total. The van der Waals surface area contributed by atoms with E-state index in [4.69, 9.17) is 4.74 Å². The third-order valence-electron chi connectivity index (χ3n) is 2.58. The number of thioether (sulfide) groups is 1. The first-order chi connectivity index (χ1) is 10.2. The summed E-state index contributed by atoms with van der Waals surface area (Å²) in [4.78, 5) is 36.5. The maximum atomic E-state index is 12.5. The smallest absolute Gasteiger partial charge is 0.342 e. The summed E-state index contributed by atoms with van der Waals surface area (Å²) in [5, 5.41) is 0.412. The van der Waals surface area contributed by atoms with Crippen LogP contribution < -0.4 is 0 Å². The highest BCUT2D eigenvalue weighted by atomic mass is 32.2. The molecule has 0 atom stereocenters. The molecule has 0 radical (unpaired) electrons. The summed E-state index contributed by atoms with van der Waals surface area (Å²) in [5.74, 6) is -0.999. The van der Waals surface area contributed by atoms with E-state index in [1.54, 1.807) is 31.5 Å². The van der Waals surface area contributed by atoms with Gasteiger partial charge in [-0.1, -0.05) is 11.8 Å². The molecule has 0 aliphatic rings. The van der Waals surface area contributed by atoms with Crippen LogP contribution in [0.15, 0.2) is 35.9 Å². The van der Waals surface area contributed by atoms with Crippen molar-refractivity contribution in [1.29, 1.82) is 0 Å². The van der Waals surface area contributed by atoms with Crippen molar-refractivity contribution in [3.63, 3.8) is 0 Å². The van der Waals surface area contributed by atoms with Crippen LogP contribution in [-0.2, 0) is 4.74 Å². The molecule has 7 heteroatoms. The second-order valence-corrected chi connectivity index (χ2v) is 4.68. The minimum Gasteiger partial charge on any atom is -0.462 e. The maximum absolute atomic E-state index is 12.5. The molecule has 0 amide bonds. The van der Waals surface area contributed by atoms with E-state index in [1.807, 2.05) is 0 Å². The third-order valence-corrected chi connectivity index (χ3v) is 3.15. The molecule has 0 aromatic carbocycles. The van der Waals surface area contributed by atoms with E-state index in [9.17, 15) is 9.59 Å². The number of rotatable bonds is 5. The SMILES string of the molecule is CCOC(=O)c1cnc(SC)nc1C(=O)c1cccnc1. The molecule has 2 rings (SSSR count). The Bertz CT molecular complexity index is 662. The van der Waals surface area contributed by atoms with E-state index in [0.717, 1.165) is 0 Å². The number of ketones is 1. The maximum Gasteiger partial charge on any atom is 0.342 e. The standard InChI is InChI=1S/C14H13N3O3S/c1-3-20-13(19)10-8-16-14(21-2)17-11(10)12(18)9-5-4-6-15-7-9/h4-8H,3H2,1-2H3. The second kappa shape index (κ2) is 6.94. The molecule has 0 N–H and O–H groups in total. The van der Waals surface area contributed by atoms with Gasteiger partial charge in [0.2, 0.25) is 5.78 Å². The molecule has 0 fully saturated rings. The van der Waals surface area contributed by atoms with Crippen LogP contribution in [0.1, 0.15) is 33.3 Å². The Balaban J connectivity index is 2.49. The average Bonchev–Trinajstić information content (AvgIpc) is 2.54. The number of ether oxygens (including phenoxy) is 1. The normalized spacial score (nSPS) is 10.2. The second-order valence-electron chi connectivity index (χ2n) is 3.91. The topological polar surface area (TPSA) is 82.0 Å². The lowest BCUT2D eigenvalue weighted by Crippen LogP contribution is -2.16. The van der Waals surface area contributed by atoms with Crippen molar-refractivity contribution in [2.75, 3.05) is 12.9 Å². The van der Waals surface area contributed by atoms with Gasteiger partial charge in [0.25, 0.3) is 0 Å². The van der Waals surface area contributed by atoms with Crippen molar-refractivity contribution in [2.24, 2.45) is 0 Å². The van der Waals surface area contributed by atoms with Crippen LogP contribution >= 0.6 is 11.8 Å². The van der Waals surface area contributed by atoms with Crippen molar-refractivity contribution in [3.8, 4) is 0 Å². The number of carbonyl (C=O) groups excluding carboxylic acids is 2. The summed E-state index contributed by atoms with van der Waals surface area (Å²) >= 11 is 1.29. The Hall–Kier alpha value is -2.28. The summed E-state index contributed by atoms with van der Waals surface area (Å²) < 4.78 is 4.93. The van der Waals surface area contributed by atoms with Gasteiger partial charge in [0.1, 0.15) is 11.3 Å². The van der Waals surface area contributed by atoms with Crippen LogP contribution in [0.25, 0.3) is 0 Å². The molecule has 2 aromatic heterocycles. The van der Waals surface area contributed by atoms with Gasteiger partial charge in [-0.25, -0.2) is 14.8 Å². The van der Waals surface area contributed by atoms with Crippen LogP contribution in [-0.4, -0.2) is 39.6 Å². The third kappa shape index (κ3) is 3.43. The lowest BCUT2D eigenvalue weighted by Gasteiger charge is -2.08. The molecule has 21 heavy (non-hydrogen) atoms. The first-order valence-electron chi connectivity index (χ1n) is 6.20. The van der Waals surface area contributed by atoms with Gasteiger partial charge in [-0.05, 0) is 25.3 Å². The zero-order valence-corrected chi connectivity index (χ0v) is 12.4. The lowest BCUT2D eigenvalue weighted by atomic mass is 10.1. The number of carbonyl (C=O) groups is 2. The number of aromatic nitrogens is 3. The number of hydrogen-bond donors (Lipinski definition) is 0. The average molecular weight is 303 g/mol. The Morgan fingerprint density at radius 2 is 2.14 bits per heavy atom. The summed E-state index contributed by atoms with van der Waals surface area (Å²) in [6.07, 6.45) is 6.10. The predicted octanol–water partition coefficient (Wildman–Crippen LogP) is 2.00. The van der Waals surface area contributed by atoms with Gasteiger partial charge < -0.3 is 4.74 Å². The Labute approximate surface area is 126 Å². The van der Waals surface area contributed by atoms with Crippen molar-refractivity contribution in [3.05, 3.63) is 47.5 Å². The lowest BCUT2D eigenvalue weighted by molar-refractivity contribution is 0.0522. The van der Waals surface area contributed by atoms with Gasteiger partial charge in [-0.3, -0.25) is 9.78 Å². The first kappa shape index (κ1) is 15.1. The molecule has 0 aliphatic carbocycles. The highest BCUT2D eigenvalue weighted by Crippen LogP contribution is 2.16. The highest BCUT2D eigenvalue weighted by Gasteiger charge is 2.22. The van der Waals surface area contributed by atoms with E-state index in [0.29, 0.717) is 10.7 Å². The summed E-state index contributed by atoms with van der Waals surface area (Å²) in [6, 6.07) is 3.26. The van der Waals surface area contributed by atoms with Crippen molar-refractivity contribution < 1.29 is 14.3 Å². The zero-order valence-electron chi connectivity index (χ0n) is 11.6. The van der Waals surface area contributed by atoms with Gasteiger partial charge >= 0.3 is 5.97 Å². The predicted molar refractivity (Wildman–Crippen MR) is 77.4 cm³/mol. The zero-order chi connectivity index (χ0) is 15.2. The van der Waals surface area contributed by atoms with Gasteiger partial charge in [0, 0.05) is 24.2 Å². The molecule has 0 spiro atoms. The number of hydrogen-bond acceptors (Lipinski definition) is 7. The van der Waals surface area contributed by atoms with E-state index >= 15 is 0 Å². The molecule has 0 bridgehead atoms. The number of pyridine rings is 1. The summed E-state index contributed by atoms with van der Waals surface area (Å²) in [7, 11) is 0. The van der Waals surface area contributed by atoms with E-state index < -0.39 is 5.97 Å². The van der Waals surface area contributed by atoms with Crippen LogP contribution in [0.3, 0.4) is 0 Å². The molecular weight excluding hydrogens is 290 g/mol. The minimum absolute atomic E-state index is 0.0285.